The first kappa shape index (κ1) is 14.3. The van der Waals surface area contributed by atoms with Gasteiger partial charge in [-0.3, -0.25) is 0 Å². The Morgan fingerprint density at radius 2 is 2.11 bits per heavy atom. The molecule has 0 bridgehead atoms. The largest absolute Gasteiger partial charge is 0.456 e. The van der Waals surface area contributed by atoms with Crippen molar-refractivity contribution in [2.45, 2.75) is 56.5 Å². The summed E-state index contributed by atoms with van der Waals surface area (Å²) in [5, 5.41) is 0. The number of carbonyl (C=O) groups excluding carboxylic acids is 1. The third-order valence-electron chi connectivity index (χ3n) is 3.74. The van der Waals surface area contributed by atoms with E-state index in [4.69, 9.17) is 14.2 Å². The molecule has 1 aliphatic carbocycles. The fourth-order valence-corrected chi connectivity index (χ4v) is 2.75. The molecule has 0 amide bonds. The van der Waals surface area contributed by atoms with Crippen molar-refractivity contribution in [1.82, 2.24) is 0 Å². The van der Waals surface area contributed by atoms with Crippen LogP contribution in [0.25, 0.3) is 0 Å². The zero-order valence-corrected chi connectivity index (χ0v) is 11.3. The molecule has 1 saturated heterocycles. The van der Waals surface area contributed by atoms with Crippen LogP contribution in [-0.2, 0) is 19.0 Å². The molecule has 0 aromatic rings. The molecule has 0 N–H and O–H groups in total. The normalized spacial score (nSPS) is 26.8. The SMILES string of the molecule is C=CC[C@H](OC(=O)C=C)[C@H]1COC2(CCCCC2)O1. The van der Waals surface area contributed by atoms with Crippen LogP contribution >= 0.6 is 0 Å². The van der Waals surface area contributed by atoms with Gasteiger partial charge in [-0.05, 0) is 12.8 Å². The van der Waals surface area contributed by atoms with E-state index in [0.717, 1.165) is 25.7 Å². The maximum absolute atomic E-state index is 11.4. The lowest BCUT2D eigenvalue weighted by Gasteiger charge is -2.32. The Balaban J connectivity index is 1.97. The van der Waals surface area contributed by atoms with Crippen molar-refractivity contribution in [2.75, 3.05) is 6.61 Å². The highest BCUT2D eigenvalue weighted by molar-refractivity contribution is 5.81. The first-order chi connectivity index (χ1) is 9.19. The fourth-order valence-electron chi connectivity index (χ4n) is 2.75. The molecule has 4 nitrogen and oxygen atoms in total. The number of ether oxygens (including phenoxy) is 3. The van der Waals surface area contributed by atoms with Crippen molar-refractivity contribution in [2.24, 2.45) is 0 Å². The average molecular weight is 266 g/mol. The summed E-state index contributed by atoms with van der Waals surface area (Å²) in [4.78, 5) is 11.4. The van der Waals surface area contributed by atoms with E-state index in [0.29, 0.717) is 13.0 Å². The first-order valence-electron chi connectivity index (χ1n) is 6.95. The first-order valence-corrected chi connectivity index (χ1v) is 6.95. The second-order valence-corrected chi connectivity index (χ2v) is 5.14. The zero-order chi connectivity index (χ0) is 13.7. The molecule has 1 aliphatic heterocycles. The standard InChI is InChI=1S/C15H22O4/c1-3-8-12(18-14(16)4-2)13-11-17-15(19-13)9-6-5-7-10-15/h3-4,12-13H,1-2,5-11H2/t12-,13+/m0/s1. The van der Waals surface area contributed by atoms with Crippen LogP contribution in [0.2, 0.25) is 0 Å². The van der Waals surface area contributed by atoms with Crippen LogP contribution in [0.15, 0.2) is 25.3 Å². The maximum Gasteiger partial charge on any atom is 0.330 e. The van der Waals surface area contributed by atoms with Crippen molar-refractivity contribution >= 4 is 5.97 Å². The maximum atomic E-state index is 11.4. The van der Waals surface area contributed by atoms with Gasteiger partial charge in [-0.25, -0.2) is 4.79 Å². The lowest BCUT2D eigenvalue weighted by Crippen LogP contribution is -2.37. The van der Waals surface area contributed by atoms with Gasteiger partial charge in [0.2, 0.25) is 0 Å². The summed E-state index contributed by atoms with van der Waals surface area (Å²) >= 11 is 0. The monoisotopic (exact) mass is 266 g/mol. The Bertz CT molecular complexity index is 344. The summed E-state index contributed by atoms with van der Waals surface area (Å²) in [6.45, 7) is 7.58. The van der Waals surface area contributed by atoms with Crippen molar-refractivity contribution in [1.29, 1.82) is 0 Å². The number of carbonyl (C=O) groups is 1. The summed E-state index contributed by atoms with van der Waals surface area (Å²) in [5.41, 5.74) is 0. The van der Waals surface area contributed by atoms with E-state index < -0.39 is 11.8 Å². The second kappa shape index (κ2) is 6.35. The molecule has 2 rings (SSSR count). The van der Waals surface area contributed by atoms with Crippen molar-refractivity contribution < 1.29 is 19.0 Å². The highest BCUT2D eigenvalue weighted by atomic mass is 16.8. The van der Waals surface area contributed by atoms with Crippen LogP contribution in [-0.4, -0.2) is 30.6 Å². The molecule has 0 aromatic heterocycles. The van der Waals surface area contributed by atoms with E-state index >= 15 is 0 Å². The van der Waals surface area contributed by atoms with Crippen LogP contribution in [0.1, 0.15) is 38.5 Å². The predicted molar refractivity (Wildman–Crippen MR) is 71.5 cm³/mol. The molecule has 0 aromatic carbocycles. The minimum atomic E-state index is -0.442. The van der Waals surface area contributed by atoms with Crippen LogP contribution in [0, 0.1) is 0 Å². The van der Waals surface area contributed by atoms with Gasteiger partial charge in [0.15, 0.2) is 5.79 Å². The molecule has 0 unspecified atom stereocenters. The van der Waals surface area contributed by atoms with Gasteiger partial charge in [0.1, 0.15) is 12.2 Å². The Morgan fingerprint density at radius 1 is 1.37 bits per heavy atom. The highest BCUT2D eigenvalue weighted by Crippen LogP contribution is 2.39. The molecule has 1 spiro atoms. The van der Waals surface area contributed by atoms with Crippen LogP contribution in [0.5, 0.6) is 0 Å². The molecule has 19 heavy (non-hydrogen) atoms. The van der Waals surface area contributed by atoms with Gasteiger partial charge in [0.25, 0.3) is 0 Å². The molecule has 2 fully saturated rings. The van der Waals surface area contributed by atoms with Gasteiger partial charge < -0.3 is 14.2 Å². The summed E-state index contributed by atoms with van der Waals surface area (Å²) in [6, 6.07) is 0. The Morgan fingerprint density at radius 3 is 2.74 bits per heavy atom. The lowest BCUT2D eigenvalue weighted by atomic mass is 9.94. The van der Waals surface area contributed by atoms with Crippen LogP contribution < -0.4 is 0 Å². The van der Waals surface area contributed by atoms with Crippen molar-refractivity contribution in [3.63, 3.8) is 0 Å². The van der Waals surface area contributed by atoms with Gasteiger partial charge in [-0.1, -0.05) is 19.1 Å². The Kier molecular flexibility index (Phi) is 4.77. The number of rotatable bonds is 5. The Labute approximate surface area is 114 Å². The minimum absolute atomic E-state index is 0.208. The topological polar surface area (TPSA) is 44.8 Å². The molecule has 106 valence electrons. The second-order valence-electron chi connectivity index (χ2n) is 5.14. The summed E-state index contributed by atoms with van der Waals surface area (Å²) in [6.07, 6.45) is 8.27. The van der Waals surface area contributed by atoms with Crippen molar-refractivity contribution in [3.05, 3.63) is 25.3 Å². The Hall–Kier alpha value is -1.13. The minimum Gasteiger partial charge on any atom is -0.456 e. The summed E-state index contributed by atoms with van der Waals surface area (Å²) < 4.78 is 17.3. The fraction of sp³-hybridized carbons (Fsp3) is 0.667. The smallest absolute Gasteiger partial charge is 0.330 e. The highest BCUT2D eigenvalue weighted by Gasteiger charge is 2.45. The molecule has 1 heterocycles. The molecule has 2 atom stereocenters. The van der Waals surface area contributed by atoms with E-state index in [1.54, 1.807) is 6.08 Å². The van der Waals surface area contributed by atoms with E-state index in [1.165, 1.54) is 12.5 Å². The molecular formula is C15H22O4. The van der Waals surface area contributed by atoms with Crippen LogP contribution in [0.4, 0.5) is 0 Å². The van der Waals surface area contributed by atoms with E-state index in [-0.39, 0.29) is 12.2 Å². The van der Waals surface area contributed by atoms with E-state index in [9.17, 15) is 4.79 Å². The van der Waals surface area contributed by atoms with E-state index in [1.807, 2.05) is 0 Å². The van der Waals surface area contributed by atoms with Gasteiger partial charge in [0, 0.05) is 25.3 Å². The van der Waals surface area contributed by atoms with Gasteiger partial charge >= 0.3 is 5.97 Å². The summed E-state index contributed by atoms with van der Waals surface area (Å²) in [7, 11) is 0. The van der Waals surface area contributed by atoms with E-state index in [2.05, 4.69) is 13.2 Å². The molecule has 0 radical (unpaired) electrons. The molecule has 2 aliphatic rings. The zero-order valence-electron chi connectivity index (χ0n) is 11.3. The molecule has 1 saturated carbocycles. The average Bonchev–Trinajstić information content (AvgIpc) is 2.82. The number of hydrogen-bond donors (Lipinski definition) is 0. The number of esters is 1. The third kappa shape index (κ3) is 3.45. The lowest BCUT2D eigenvalue weighted by molar-refractivity contribution is -0.199. The molecule has 4 heteroatoms. The quantitative estimate of drug-likeness (QED) is 0.436. The molecular weight excluding hydrogens is 244 g/mol. The number of hydrogen-bond acceptors (Lipinski definition) is 4. The van der Waals surface area contributed by atoms with Gasteiger partial charge in [-0.2, -0.15) is 0 Å². The predicted octanol–water partition coefficient (Wildman–Crippen LogP) is 2.74. The van der Waals surface area contributed by atoms with Gasteiger partial charge in [-0.15, -0.1) is 6.58 Å². The van der Waals surface area contributed by atoms with Crippen LogP contribution in [0.3, 0.4) is 0 Å². The van der Waals surface area contributed by atoms with Crippen molar-refractivity contribution in [3.8, 4) is 0 Å². The van der Waals surface area contributed by atoms with Gasteiger partial charge in [0.05, 0.1) is 6.61 Å². The summed E-state index contributed by atoms with van der Waals surface area (Å²) in [5.74, 6) is -0.872. The third-order valence-corrected chi connectivity index (χ3v) is 3.74.